The van der Waals surface area contributed by atoms with E-state index in [9.17, 15) is 14.9 Å². The number of anilines is 1. The van der Waals surface area contributed by atoms with Crippen molar-refractivity contribution in [1.29, 1.82) is 0 Å². The summed E-state index contributed by atoms with van der Waals surface area (Å²) in [6.07, 6.45) is 1.77. The number of aromatic nitrogens is 2. The van der Waals surface area contributed by atoms with Crippen LogP contribution < -0.4 is 10.9 Å². The van der Waals surface area contributed by atoms with E-state index in [0.717, 1.165) is 5.56 Å². The predicted octanol–water partition coefficient (Wildman–Crippen LogP) is 3.36. The first-order chi connectivity index (χ1) is 13.1. The van der Waals surface area contributed by atoms with Crippen molar-refractivity contribution in [3.63, 3.8) is 0 Å². The van der Waals surface area contributed by atoms with Gasteiger partial charge in [0.2, 0.25) is 0 Å². The second kappa shape index (κ2) is 6.83. The van der Waals surface area contributed by atoms with Crippen LogP contribution in [0, 0.1) is 10.1 Å². The summed E-state index contributed by atoms with van der Waals surface area (Å²) in [6, 6.07) is 15.8. The maximum atomic E-state index is 12.3. The molecule has 0 radical (unpaired) electrons. The average Bonchev–Trinajstić information content (AvgIpc) is 2.90. The summed E-state index contributed by atoms with van der Waals surface area (Å²) >= 11 is 0. The molecule has 0 aliphatic carbocycles. The van der Waals surface area contributed by atoms with Crippen LogP contribution >= 0.6 is 0 Å². The van der Waals surface area contributed by atoms with Crippen molar-refractivity contribution in [2.45, 2.75) is 12.5 Å². The molecule has 8 heteroatoms. The molecule has 1 atom stereocenters. The number of aliphatic imine (C=N–C) groups is 1. The molecule has 0 saturated heterocycles. The first-order valence-corrected chi connectivity index (χ1v) is 8.33. The molecule has 8 nitrogen and oxygen atoms in total. The Morgan fingerprint density at radius 3 is 2.70 bits per heavy atom. The largest absolute Gasteiger partial charge is 0.361 e. The zero-order valence-corrected chi connectivity index (χ0v) is 14.1. The van der Waals surface area contributed by atoms with Gasteiger partial charge in [-0.25, -0.2) is 9.98 Å². The lowest BCUT2D eigenvalue weighted by atomic mass is 9.97. The molecule has 1 aromatic heterocycles. The molecule has 2 heterocycles. The number of fused-ring (bicyclic) bond motifs is 1. The zero-order chi connectivity index (χ0) is 18.8. The van der Waals surface area contributed by atoms with Crippen molar-refractivity contribution in [3.8, 4) is 0 Å². The van der Waals surface area contributed by atoms with Gasteiger partial charge in [-0.1, -0.05) is 42.5 Å². The molecule has 4 rings (SSSR count). The minimum atomic E-state index is -0.448. The first kappa shape index (κ1) is 16.6. The van der Waals surface area contributed by atoms with Gasteiger partial charge in [-0.05, 0) is 5.56 Å². The fourth-order valence-electron chi connectivity index (χ4n) is 3.06. The van der Waals surface area contributed by atoms with E-state index in [0.29, 0.717) is 23.5 Å². The number of H-pyrrole nitrogens is 1. The number of nitro groups is 1. The van der Waals surface area contributed by atoms with Crippen molar-refractivity contribution < 1.29 is 4.92 Å². The monoisotopic (exact) mass is 361 g/mol. The number of non-ortho nitro benzene ring substituents is 1. The molecule has 134 valence electrons. The molecule has 2 aromatic carbocycles. The maximum absolute atomic E-state index is 12.3. The van der Waals surface area contributed by atoms with E-state index in [1.165, 1.54) is 18.5 Å². The second-order valence-corrected chi connectivity index (χ2v) is 6.11. The molecule has 0 spiro atoms. The van der Waals surface area contributed by atoms with Gasteiger partial charge in [0, 0.05) is 24.1 Å². The number of hydrogen-bond donors (Lipinski definition) is 2. The van der Waals surface area contributed by atoms with Crippen LogP contribution in [0.3, 0.4) is 0 Å². The van der Waals surface area contributed by atoms with Gasteiger partial charge in [0.1, 0.15) is 0 Å². The van der Waals surface area contributed by atoms with E-state index >= 15 is 0 Å². The van der Waals surface area contributed by atoms with Crippen LogP contribution in [0.5, 0.6) is 0 Å². The minimum absolute atomic E-state index is 0.0241. The van der Waals surface area contributed by atoms with E-state index in [4.69, 9.17) is 0 Å². The summed E-state index contributed by atoms with van der Waals surface area (Å²) in [5.41, 5.74) is 1.96. The van der Waals surface area contributed by atoms with Crippen LogP contribution in [0.2, 0.25) is 0 Å². The van der Waals surface area contributed by atoms with Gasteiger partial charge < -0.3 is 10.3 Å². The average molecular weight is 361 g/mol. The Kier molecular flexibility index (Phi) is 4.21. The summed E-state index contributed by atoms with van der Waals surface area (Å²) in [6.45, 7) is 0. The zero-order valence-electron chi connectivity index (χ0n) is 14.1. The molecule has 0 unspecified atom stereocenters. The number of hydrogen-bond acceptors (Lipinski definition) is 6. The number of nitrogens with one attached hydrogen (secondary N) is 2. The van der Waals surface area contributed by atoms with Gasteiger partial charge in [-0.2, -0.15) is 0 Å². The SMILES string of the molecule is O=c1[nH]cnc2c1N=C(c1cccc([N+](=O)[O-])c1)C[C@H](c1ccccc1)N2. The molecule has 0 bridgehead atoms. The summed E-state index contributed by atoms with van der Waals surface area (Å²) < 4.78 is 0. The standard InChI is InChI=1S/C19H15N5O3/c25-19-17-18(20-11-21-19)23-15(12-5-2-1-3-6-12)10-16(22-17)13-7-4-8-14(9-13)24(26)27/h1-9,11,15H,10H2,(H2,20,21,23,25)/t15-/m1/s1. The van der Waals surface area contributed by atoms with Crippen molar-refractivity contribution in [2.24, 2.45) is 4.99 Å². The van der Waals surface area contributed by atoms with Gasteiger partial charge in [0.05, 0.1) is 23.0 Å². The lowest BCUT2D eigenvalue weighted by molar-refractivity contribution is -0.384. The van der Waals surface area contributed by atoms with Crippen LogP contribution in [0.4, 0.5) is 17.2 Å². The molecule has 3 aromatic rings. The Balaban J connectivity index is 1.86. The summed E-state index contributed by atoms with van der Waals surface area (Å²) in [4.78, 5) is 34.2. The third-order valence-electron chi connectivity index (χ3n) is 4.38. The highest BCUT2D eigenvalue weighted by atomic mass is 16.6. The fourth-order valence-corrected chi connectivity index (χ4v) is 3.06. The van der Waals surface area contributed by atoms with Crippen LogP contribution in [0.15, 0.2) is 70.7 Å². The lowest BCUT2D eigenvalue weighted by Gasteiger charge is -2.18. The van der Waals surface area contributed by atoms with Crippen LogP contribution in [0.25, 0.3) is 0 Å². The Hall–Kier alpha value is -3.81. The lowest BCUT2D eigenvalue weighted by Crippen LogP contribution is -2.15. The van der Waals surface area contributed by atoms with Gasteiger partial charge in [0.25, 0.3) is 11.2 Å². The predicted molar refractivity (Wildman–Crippen MR) is 102 cm³/mol. The van der Waals surface area contributed by atoms with Gasteiger partial charge in [0.15, 0.2) is 11.5 Å². The van der Waals surface area contributed by atoms with Gasteiger partial charge in [-0.3, -0.25) is 14.9 Å². The van der Waals surface area contributed by atoms with Crippen LogP contribution in [0.1, 0.15) is 23.6 Å². The number of nitro benzene ring substituents is 1. The number of aromatic amines is 1. The first-order valence-electron chi connectivity index (χ1n) is 8.33. The Morgan fingerprint density at radius 1 is 1.11 bits per heavy atom. The fraction of sp³-hybridized carbons (Fsp3) is 0.105. The molecular weight excluding hydrogens is 346 g/mol. The van der Waals surface area contributed by atoms with Crippen molar-refractivity contribution >= 4 is 22.9 Å². The summed E-state index contributed by atoms with van der Waals surface area (Å²) in [7, 11) is 0. The molecule has 1 aliphatic heterocycles. The van der Waals surface area contributed by atoms with Crippen LogP contribution in [-0.4, -0.2) is 20.6 Å². The highest BCUT2D eigenvalue weighted by molar-refractivity contribution is 6.04. The normalized spacial score (nSPS) is 15.9. The second-order valence-electron chi connectivity index (χ2n) is 6.11. The van der Waals surface area contributed by atoms with Gasteiger partial charge in [-0.15, -0.1) is 0 Å². The summed E-state index contributed by atoms with van der Waals surface area (Å²) in [5, 5.41) is 14.4. The Labute approximate surface area is 153 Å². The third kappa shape index (κ3) is 3.32. The number of rotatable bonds is 3. The van der Waals surface area contributed by atoms with E-state index in [1.807, 2.05) is 30.3 Å². The molecule has 0 fully saturated rings. The minimum Gasteiger partial charge on any atom is -0.361 e. The maximum Gasteiger partial charge on any atom is 0.278 e. The molecule has 27 heavy (non-hydrogen) atoms. The molecule has 1 aliphatic rings. The van der Waals surface area contributed by atoms with Crippen molar-refractivity contribution in [3.05, 3.63) is 92.5 Å². The number of nitrogens with zero attached hydrogens (tertiary/aromatic N) is 3. The topological polar surface area (TPSA) is 113 Å². The smallest absolute Gasteiger partial charge is 0.278 e. The quantitative estimate of drug-likeness (QED) is 0.548. The van der Waals surface area contributed by atoms with E-state index in [1.54, 1.807) is 12.1 Å². The van der Waals surface area contributed by atoms with Gasteiger partial charge >= 0.3 is 0 Å². The highest BCUT2D eigenvalue weighted by Crippen LogP contribution is 2.32. The van der Waals surface area contributed by atoms with E-state index in [-0.39, 0.29) is 23.0 Å². The summed E-state index contributed by atoms with van der Waals surface area (Å²) in [5.74, 6) is 0.382. The molecule has 0 saturated carbocycles. The highest BCUT2D eigenvalue weighted by Gasteiger charge is 2.24. The van der Waals surface area contributed by atoms with Crippen LogP contribution in [-0.2, 0) is 0 Å². The van der Waals surface area contributed by atoms with Crippen molar-refractivity contribution in [2.75, 3.05) is 5.32 Å². The Bertz CT molecular complexity index is 1090. The third-order valence-corrected chi connectivity index (χ3v) is 4.38. The molecule has 0 amide bonds. The van der Waals surface area contributed by atoms with E-state index in [2.05, 4.69) is 20.3 Å². The molecule has 2 N–H and O–H groups in total. The number of benzene rings is 2. The van der Waals surface area contributed by atoms with Crippen molar-refractivity contribution in [1.82, 2.24) is 9.97 Å². The Morgan fingerprint density at radius 2 is 1.93 bits per heavy atom. The van der Waals surface area contributed by atoms with E-state index < -0.39 is 4.92 Å². The molecular formula is C19H15N5O3.